The molecule has 2 nitrogen and oxygen atoms in total. The highest BCUT2D eigenvalue weighted by Crippen LogP contribution is 2.30. The fourth-order valence-electron chi connectivity index (χ4n) is 3.92. The van der Waals surface area contributed by atoms with Crippen molar-refractivity contribution in [3.8, 4) is 0 Å². The van der Waals surface area contributed by atoms with Gasteiger partial charge in [-0.2, -0.15) is 0 Å². The van der Waals surface area contributed by atoms with Crippen molar-refractivity contribution in [3.63, 3.8) is 0 Å². The Hall–Kier alpha value is -0.860. The molecule has 2 unspecified atom stereocenters. The first-order valence-electron chi connectivity index (χ1n) is 8.16. The lowest BCUT2D eigenvalue weighted by atomic mass is 9.88. The van der Waals surface area contributed by atoms with E-state index in [1.54, 1.807) is 5.56 Å². The highest BCUT2D eigenvalue weighted by Gasteiger charge is 2.34. The zero-order chi connectivity index (χ0) is 14.0. The van der Waals surface area contributed by atoms with Crippen molar-refractivity contribution in [2.45, 2.75) is 45.6 Å². The summed E-state index contributed by atoms with van der Waals surface area (Å²) in [5.41, 5.74) is 3.49. The summed E-state index contributed by atoms with van der Waals surface area (Å²) >= 11 is 0. The summed E-state index contributed by atoms with van der Waals surface area (Å²) in [6.45, 7) is 9.67. The molecule has 2 saturated heterocycles. The maximum Gasteiger partial charge on any atom is 0.0136 e. The van der Waals surface area contributed by atoms with Crippen LogP contribution in [0.1, 0.15) is 37.3 Å². The van der Waals surface area contributed by atoms with E-state index in [1.165, 1.54) is 57.4 Å². The molecule has 0 radical (unpaired) electrons. The first kappa shape index (κ1) is 14.1. The lowest BCUT2D eigenvalue weighted by Gasteiger charge is -2.33. The van der Waals surface area contributed by atoms with Crippen LogP contribution in [-0.4, -0.2) is 37.1 Å². The molecule has 2 heteroatoms. The van der Waals surface area contributed by atoms with E-state index in [1.807, 2.05) is 0 Å². The van der Waals surface area contributed by atoms with Gasteiger partial charge < -0.3 is 5.32 Å². The van der Waals surface area contributed by atoms with E-state index in [2.05, 4.69) is 48.3 Å². The van der Waals surface area contributed by atoms with Crippen LogP contribution >= 0.6 is 0 Å². The summed E-state index contributed by atoms with van der Waals surface area (Å²) in [4.78, 5) is 2.76. The Morgan fingerprint density at radius 1 is 1.35 bits per heavy atom. The van der Waals surface area contributed by atoms with E-state index in [9.17, 15) is 0 Å². The monoisotopic (exact) mass is 272 g/mol. The molecule has 0 aromatic heterocycles. The molecule has 2 aliphatic rings. The lowest BCUT2D eigenvalue weighted by molar-refractivity contribution is 0.164. The van der Waals surface area contributed by atoms with E-state index < -0.39 is 0 Å². The van der Waals surface area contributed by atoms with Gasteiger partial charge >= 0.3 is 0 Å². The molecule has 0 saturated carbocycles. The number of rotatable bonds is 4. The molecule has 3 rings (SSSR count). The van der Waals surface area contributed by atoms with E-state index in [-0.39, 0.29) is 0 Å². The summed E-state index contributed by atoms with van der Waals surface area (Å²) < 4.78 is 0. The van der Waals surface area contributed by atoms with Crippen LogP contribution in [0.15, 0.2) is 24.3 Å². The zero-order valence-corrected chi connectivity index (χ0v) is 13.0. The Bertz CT molecular complexity index is 448. The molecule has 1 N–H and O–H groups in total. The molecule has 110 valence electrons. The standard InChI is InChI=1S/C18H28N2/c1-15-6-3-4-7-16(15)12-17-8-5-11-20(17)14-18(2)9-10-19-13-18/h3-4,6-7,17,19H,5,8-14H2,1-2H3. The first-order chi connectivity index (χ1) is 9.66. The molecule has 0 bridgehead atoms. The molecule has 1 aromatic rings. The fourth-order valence-corrected chi connectivity index (χ4v) is 3.92. The van der Waals surface area contributed by atoms with Crippen molar-refractivity contribution >= 4 is 0 Å². The maximum atomic E-state index is 3.53. The minimum absolute atomic E-state index is 0.494. The SMILES string of the molecule is Cc1ccccc1CC1CCCN1CC1(C)CCNC1. The van der Waals surface area contributed by atoms with Gasteiger partial charge in [0.15, 0.2) is 0 Å². The third-order valence-electron chi connectivity index (χ3n) is 5.26. The van der Waals surface area contributed by atoms with Gasteiger partial charge in [-0.15, -0.1) is 0 Å². The van der Waals surface area contributed by atoms with Gasteiger partial charge in [0.2, 0.25) is 0 Å². The van der Waals surface area contributed by atoms with Crippen molar-refractivity contribution in [1.82, 2.24) is 10.2 Å². The predicted molar refractivity (Wildman–Crippen MR) is 85.1 cm³/mol. The van der Waals surface area contributed by atoms with E-state index in [4.69, 9.17) is 0 Å². The fraction of sp³-hybridized carbons (Fsp3) is 0.667. The quantitative estimate of drug-likeness (QED) is 0.906. The number of nitrogens with one attached hydrogen (secondary N) is 1. The van der Waals surface area contributed by atoms with Gasteiger partial charge in [0, 0.05) is 19.1 Å². The van der Waals surface area contributed by atoms with Gasteiger partial charge in [-0.25, -0.2) is 0 Å². The maximum absolute atomic E-state index is 3.53. The van der Waals surface area contributed by atoms with Gasteiger partial charge in [0.25, 0.3) is 0 Å². The van der Waals surface area contributed by atoms with Crippen LogP contribution in [0.2, 0.25) is 0 Å². The Kier molecular flexibility index (Phi) is 4.13. The second-order valence-electron chi connectivity index (χ2n) is 7.13. The average Bonchev–Trinajstić information content (AvgIpc) is 3.03. The number of hydrogen-bond acceptors (Lipinski definition) is 2. The van der Waals surface area contributed by atoms with Crippen LogP contribution in [0.5, 0.6) is 0 Å². The molecule has 2 aliphatic heterocycles. The second-order valence-corrected chi connectivity index (χ2v) is 7.13. The van der Waals surface area contributed by atoms with E-state index in [0.29, 0.717) is 5.41 Å². The van der Waals surface area contributed by atoms with Crippen LogP contribution in [0.25, 0.3) is 0 Å². The normalized spacial score (nSPS) is 31.0. The van der Waals surface area contributed by atoms with Crippen molar-refractivity contribution in [1.29, 1.82) is 0 Å². The predicted octanol–water partition coefficient (Wildman–Crippen LogP) is 3.00. The Morgan fingerprint density at radius 3 is 2.95 bits per heavy atom. The molecule has 0 spiro atoms. The highest BCUT2D eigenvalue weighted by atomic mass is 15.2. The van der Waals surface area contributed by atoms with Crippen LogP contribution in [0.3, 0.4) is 0 Å². The van der Waals surface area contributed by atoms with Crippen molar-refractivity contribution < 1.29 is 0 Å². The van der Waals surface area contributed by atoms with Crippen molar-refractivity contribution in [2.24, 2.45) is 5.41 Å². The molecule has 0 amide bonds. The van der Waals surface area contributed by atoms with E-state index >= 15 is 0 Å². The summed E-state index contributed by atoms with van der Waals surface area (Å²) in [5, 5.41) is 3.53. The second kappa shape index (κ2) is 5.87. The van der Waals surface area contributed by atoms with Crippen LogP contribution in [-0.2, 0) is 6.42 Å². The first-order valence-corrected chi connectivity index (χ1v) is 8.16. The molecule has 0 aliphatic carbocycles. The third-order valence-corrected chi connectivity index (χ3v) is 5.26. The minimum atomic E-state index is 0.494. The number of aryl methyl sites for hydroxylation is 1. The topological polar surface area (TPSA) is 15.3 Å². The van der Waals surface area contributed by atoms with Gasteiger partial charge in [0.05, 0.1) is 0 Å². The minimum Gasteiger partial charge on any atom is -0.316 e. The number of hydrogen-bond donors (Lipinski definition) is 1. The smallest absolute Gasteiger partial charge is 0.0136 e. The van der Waals surface area contributed by atoms with Gasteiger partial charge in [-0.3, -0.25) is 4.90 Å². The van der Waals surface area contributed by atoms with Gasteiger partial charge in [0.1, 0.15) is 0 Å². The molecule has 2 heterocycles. The Morgan fingerprint density at radius 2 is 2.20 bits per heavy atom. The third kappa shape index (κ3) is 3.07. The summed E-state index contributed by atoms with van der Waals surface area (Å²) in [6, 6.07) is 9.65. The summed E-state index contributed by atoms with van der Waals surface area (Å²) in [6.07, 6.45) is 5.31. The van der Waals surface area contributed by atoms with Crippen LogP contribution in [0, 0.1) is 12.3 Å². The number of benzene rings is 1. The average molecular weight is 272 g/mol. The van der Waals surface area contributed by atoms with Crippen molar-refractivity contribution in [3.05, 3.63) is 35.4 Å². The van der Waals surface area contributed by atoms with Gasteiger partial charge in [-0.1, -0.05) is 31.2 Å². The Balaban J connectivity index is 1.65. The molecule has 1 aromatic carbocycles. The highest BCUT2D eigenvalue weighted by molar-refractivity contribution is 5.26. The lowest BCUT2D eigenvalue weighted by Crippen LogP contribution is -2.41. The van der Waals surface area contributed by atoms with Crippen LogP contribution < -0.4 is 5.32 Å². The Labute approximate surface area is 123 Å². The summed E-state index contributed by atoms with van der Waals surface area (Å²) in [5.74, 6) is 0. The molecular formula is C18H28N2. The number of likely N-dealkylation sites (tertiary alicyclic amines) is 1. The summed E-state index contributed by atoms with van der Waals surface area (Å²) in [7, 11) is 0. The van der Waals surface area contributed by atoms with Gasteiger partial charge in [-0.05, 0) is 62.2 Å². The van der Waals surface area contributed by atoms with E-state index in [0.717, 1.165) is 6.04 Å². The van der Waals surface area contributed by atoms with Crippen LogP contribution in [0.4, 0.5) is 0 Å². The molecule has 20 heavy (non-hydrogen) atoms. The zero-order valence-electron chi connectivity index (χ0n) is 13.0. The molecular weight excluding hydrogens is 244 g/mol. The number of nitrogens with zero attached hydrogens (tertiary/aromatic N) is 1. The largest absolute Gasteiger partial charge is 0.316 e. The molecule has 2 atom stereocenters. The van der Waals surface area contributed by atoms with Crippen molar-refractivity contribution in [2.75, 3.05) is 26.2 Å². The molecule has 2 fully saturated rings.